The van der Waals surface area contributed by atoms with Crippen LogP contribution in [0.5, 0.6) is 0 Å². The molecule has 0 unspecified atom stereocenters. The maximum atomic E-state index is 11.9. The highest BCUT2D eigenvalue weighted by Crippen LogP contribution is 2.16. The van der Waals surface area contributed by atoms with E-state index in [1.165, 1.54) is 0 Å². The Hall–Kier alpha value is -2.74. The number of nitrogens with one attached hydrogen (secondary N) is 1. The lowest BCUT2D eigenvalue weighted by atomic mass is 10.1. The molecule has 2 rings (SSSR count). The molecule has 5 nitrogen and oxygen atoms in total. The first-order chi connectivity index (χ1) is 11.0. The number of hydrogen-bond donors (Lipinski definition) is 1. The molecule has 23 heavy (non-hydrogen) atoms. The largest absolute Gasteiger partial charge is 0.377 e. The summed E-state index contributed by atoms with van der Waals surface area (Å²) < 4.78 is 5.05. The molecular weight excluding hydrogens is 290 g/mol. The highest BCUT2D eigenvalue weighted by atomic mass is 16.5. The molecule has 2 aromatic rings. The molecule has 120 valence electrons. The van der Waals surface area contributed by atoms with Crippen LogP contribution in [0.25, 0.3) is 0 Å². The molecule has 0 aliphatic carbocycles. The summed E-state index contributed by atoms with van der Waals surface area (Å²) in [5, 5.41) is 6.64. The molecule has 5 heteroatoms. The van der Waals surface area contributed by atoms with Gasteiger partial charge in [-0.05, 0) is 26.0 Å². The zero-order valence-electron chi connectivity index (χ0n) is 13.9. The van der Waals surface area contributed by atoms with Crippen LogP contribution < -0.4 is 10.2 Å². The maximum absolute atomic E-state index is 11.9. The van der Waals surface area contributed by atoms with Gasteiger partial charge in [0, 0.05) is 25.2 Å². The average Bonchev–Trinajstić information content (AvgIpc) is 2.83. The van der Waals surface area contributed by atoms with Crippen molar-refractivity contribution in [2.45, 2.75) is 20.3 Å². The SMILES string of the molecule is Cc1noc(C)c1CC(=O)NCC#Cc1ccccc1N(C)C. The fraction of sp³-hybridized carbons (Fsp3) is 0.333. The smallest absolute Gasteiger partial charge is 0.225 e. The van der Waals surface area contributed by atoms with Gasteiger partial charge in [-0.2, -0.15) is 0 Å². The highest BCUT2D eigenvalue weighted by Gasteiger charge is 2.12. The second kappa shape index (κ2) is 7.50. The highest BCUT2D eigenvalue weighted by molar-refractivity contribution is 5.79. The molecule has 1 amide bonds. The molecule has 1 aromatic heterocycles. The van der Waals surface area contributed by atoms with E-state index in [0.717, 1.165) is 22.5 Å². The monoisotopic (exact) mass is 311 g/mol. The third kappa shape index (κ3) is 4.36. The van der Waals surface area contributed by atoms with Crippen molar-refractivity contribution in [3.8, 4) is 11.8 Å². The molecule has 0 saturated carbocycles. The fourth-order valence-electron chi connectivity index (χ4n) is 2.23. The predicted molar refractivity (Wildman–Crippen MR) is 90.3 cm³/mol. The van der Waals surface area contributed by atoms with Crippen LogP contribution >= 0.6 is 0 Å². The second-order valence-corrected chi connectivity index (χ2v) is 5.47. The van der Waals surface area contributed by atoms with Gasteiger partial charge in [0.1, 0.15) is 5.76 Å². The molecule has 0 aliphatic heterocycles. The normalized spacial score (nSPS) is 9.91. The van der Waals surface area contributed by atoms with Gasteiger partial charge in [0.2, 0.25) is 5.91 Å². The fourth-order valence-corrected chi connectivity index (χ4v) is 2.23. The number of benzene rings is 1. The number of amides is 1. The van der Waals surface area contributed by atoms with E-state index < -0.39 is 0 Å². The molecule has 0 radical (unpaired) electrons. The van der Waals surface area contributed by atoms with Crippen molar-refractivity contribution in [1.82, 2.24) is 10.5 Å². The zero-order valence-corrected chi connectivity index (χ0v) is 13.9. The summed E-state index contributed by atoms with van der Waals surface area (Å²) >= 11 is 0. The number of hydrogen-bond acceptors (Lipinski definition) is 4. The van der Waals surface area contributed by atoms with Gasteiger partial charge < -0.3 is 14.7 Å². The molecule has 0 saturated heterocycles. The molecule has 1 aromatic carbocycles. The van der Waals surface area contributed by atoms with Crippen molar-refractivity contribution < 1.29 is 9.32 Å². The number of carbonyl (C=O) groups excluding carboxylic acids is 1. The summed E-state index contributed by atoms with van der Waals surface area (Å²) in [6.07, 6.45) is 0.261. The van der Waals surface area contributed by atoms with E-state index in [0.29, 0.717) is 12.3 Å². The first kappa shape index (κ1) is 16.6. The molecule has 1 heterocycles. The van der Waals surface area contributed by atoms with Gasteiger partial charge in [-0.15, -0.1) is 0 Å². The van der Waals surface area contributed by atoms with Crippen LogP contribution in [0.3, 0.4) is 0 Å². The van der Waals surface area contributed by atoms with Crippen LogP contribution in [0.2, 0.25) is 0 Å². The van der Waals surface area contributed by atoms with E-state index in [4.69, 9.17) is 4.52 Å². The first-order valence-electron chi connectivity index (χ1n) is 7.42. The molecule has 0 spiro atoms. The molecular formula is C18H21N3O2. The van der Waals surface area contributed by atoms with Crippen molar-refractivity contribution in [1.29, 1.82) is 0 Å². The third-order valence-corrected chi connectivity index (χ3v) is 3.50. The van der Waals surface area contributed by atoms with Crippen molar-refractivity contribution in [2.75, 3.05) is 25.5 Å². The van der Waals surface area contributed by atoms with Crippen LogP contribution in [-0.4, -0.2) is 31.7 Å². The van der Waals surface area contributed by atoms with Gasteiger partial charge in [0.25, 0.3) is 0 Å². The molecule has 0 fully saturated rings. The lowest BCUT2D eigenvalue weighted by molar-refractivity contribution is -0.120. The topological polar surface area (TPSA) is 58.4 Å². The summed E-state index contributed by atoms with van der Waals surface area (Å²) in [7, 11) is 3.96. The van der Waals surface area contributed by atoms with Crippen LogP contribution in [0.15, 0.2) is 28.8 Å². The van der Waals surface area contributed by atoms with Gasteiger partial charge in [-0.25, -0.2) is 0 Å². The van der Waals surface area contributed by atoms with Crippen molar-refractivity contribution in [3.63, 3.8) is 0 Å². The Morgan fingerprint density at radius 2 is 2.04 bits per heavy atom. The standard InChI is InChI=1S/C18H21N3O2/c1-13-16(14(2)23-20-13)12-18(22)19-11-7-9-15-8-5-6-10-17(15)21(3)4/h5-6,8,10H,11-12H2,1-4H3,(H,19,22). The van der Waals surface area contributed by atoms with Crippen LogP contribution in [0.1, 0.15) is 22.6 Å². The molecule has 0 aliphatic rings. The Morgan fingerprint density at radius 1 is 1.30 bits per heavy atom. The minimum absolute atomic E-state index is 0.0883. The minimum atomic E-state index is -0.0883. The van der Waals surface area contributed by atoms with Gasteiger partial charge in [0.05, 0.1) is 24.3 Å². The summed E-state index contributed by atoms with van der Waals surface area (Å²) in [5.41, 5.74) is 3.59. The number of para-hydroxylation sites is 1. The maximum Gasteiger partial charge on any atom is 0.225 e. The average molecular weight is 311 g/mol. The number of carbonyl (C=O) groups is 1. The number of nitrogens with zero attached hydrogens (tertiary/aromatic N) is 2. The summed E-state index contributed by atoms with van der Waals surface area (Å²) in [5.74, 6) is 6.68. The second-order valence-electron chi connectivity index (χ2n) is 5.47. The van der Waals surface area contributed by atoms with Crippen molar-refractivity contribution in [3.05, 3.63) is 46.8 Å². The number of aromatic nitrogens is 1. The van der Waals surface area contributed by atoms with Gasteiger partial charge >= 0.3 is 0 Å². The summed E-state index contributed by atoms with van der Waals surface area (Å²) in [6.45, 7) is 3.95. The van der Waals surface area contributed by atoms with E-state index in [1.807, 2.05) is 50.2 Å². The quantitative estimate of drug-likeness (QED) is 0.878. The number of anilines is 1. The van der Waals surface area contributed by atoms with Crippen molar-refractivity contribution >= 4 is 11.6 Å². The predicted octanol–water partition coefficient (Wildman–Crippen LogP) is 2.07. The number of rotatable bonds is 4. The van der Waals surface area contributed by atoms with E-state index >= 15 is 0 Å². The lowest BCUT2D eigenvalue weighted by Crippen LogP contribution is -2.25. The number of aryl methyl sites for hydroxylation is 2. The van der Waals surface area contributed by atoms with Crippen LogP contribution in [-0.2, 0) is 11.2 Å². The summed E-state index contributed by atoms with van der Waals surface area (Å²) in [4.78, 5) is 14.0. The van der Waals surface area contributed by atoms with Crippen LogP contribution in [0, 0.1) is 25.7 Å². The Balaban J connectivity index is 1.92. The molecule has 0 bridgehead atoms. The van der Waals surface area contributed by atoms with Crippen LogP contribution in [0.4, 0.5) is 5.69 Å². The Morgan fingerprint density at radius 3 is 2.70 bits per heavy atom. The van der Waals surface area contributed by atoms with Gasteiger partial charge in [0.15, 0.2) is 0 Å². The Bertz CT molecular complexity index is 732. The summed E-state index contributed by atoms with van der Waals surface area (Å²) in [6, 6.07) is 7.91. The minimum Gasteiger partial charge on any atom is -0.377 e. The van der Waals surface area contributed by atoms with E-state index in [9.17, 15) is 4.79 Å². The first-order valence-corrected chi connectivity index (χ1v) is 7.42. The lowest BCUT2D eigenvalue weighted by Gasteiger charge is -2.13. The van der Waals surface area contributed by atoms with Crippen molar-refractivity contribution in [2.24, 2.45) is 0 Å². The third-order valence-electron chi connectivity index (χ3n) is 3.50. The molecule has 0 atom stereocenters. The van der Waals surface area contributed by atoms with Gasteiger partial charge in [-0.3, -0.25) is 4.79 Å². The Kier molecular flexibility index (Phi) is 5.42. The van der Waals surface area contributed by atoms with Gasteiger partial charge in [-0.1, -0.05) is 29.1 Å². The Labute approximate surface area is 136 Å². The zero-order chi connectivity index (χ0) is 16.8. The van der Waals surface area contributed by atoms with E-state index in [2.05, 4.69) is 22.3 Å². The molecule has 1 N–H and O–H groups in total. The van der Waals surface area contributed by atoms with E-state index in [-0.39, 0.29) is 12.3 Å². The van der Waals surface area contributed by atoms with E-state index in [1.54, 1.807) is 6.92 Å².